The van der Waals surface area contributed by atoms with Crippen LogP contribution in [0.1, 0.15) is 71.3 Å². The number of nitrogens with one attached hydrogen (secondary N) is 1. The quantitative estimate of drug-likeness (QED) is 0.430. The normalized spacial score (nSPS) is 13.1. The molecule has 2 heterocycles. The highest BCUT2D eigenvalue weighted by Crippen LogP contribution is 2.29. The molecule has 1 aromatic carbocycles. The van der Waals surface area contributed by atoms with Gasteiger partial charge in [0.25, 0.3) is 5.56 Å². The number of fused-ring (bicyclic) bond motifs is 1. The van der Waals surface area contributed by atoms with Gasteiger partial charge < -0.3 is 14.8 Å². The molecule has 0 aliphatic heterocycles. The van der Waals surface area contributed by atoms with Crippen molar-refractivity contribution >= 4 is 10.9 Å². The molecular weight excluding hydrogens is 420 g/mol. The van der Waals surface area contributed by atoms with E-state index in [0.717, 1.165) is 35.3 Å². The van der Waals surface area contributed by atoms with Gasteiger partial charge in [0.05, 0.1) is 18.2 Å². The number of ether oxygens (including phenoxy) is 1. The predicted molar refractivity (Wildman–Crippen MR) is 128 cm³/mol. The maximum Gasteiger partial charge on any atom is 0.252 e. The lowest BCUT2D eigenvalue weighted by molar-refractivity contribution is 0.144. The van der Waals surface area contributed by atoms with Crippen LogP contribution in [-0.2, 0) is 12.1 Å². The maximum atomic E-state index is 12.9. The van der Waals surface area contributed by atoms with E-state index in [1.165, 1.54) is 0 Å². The molecule has 0 amide bonds. The van der Waals surface area contributed by atoms with Crippen LogP contribution in [0.2, 0.25) is 0 Å². The number of aliphatic hydroxyl groups excluding tert-OH is 1. The second kappa shape index (κ2) is 10.9. The summed E-state index contributed by atoms with van der Waals surface area (Å²) in [6.45, 7) is 12.1. The lowest BCUT2D eigenvalue weighted by Crippen LogP contribution is -2.37. The number of nitrogens with zero attached hydrogens (tertiary/aromatic N) is 5. The zero-order valence-electron chi connectivity index (χ0n) is 20.3. The molecule has 3 aromatic rings. The monoisotopic (exact) mass is 456 g/mol. The minimum absolute atomic E-state index is 0.0735. The summed E-state index contributed by atoms with van der Waals surface area (Å²) in [5.74, 6) is 1.55. The van der Waals surface area contributed by atoms with E-state index in [0.29, 0.717) is 31.7 Å². The van der Waals surface area contributed by atoms with Crippen molar-refractivity contribution in [2.75, 3.05) is 19.8 Å². The molecule has 3 rings (SSSR count). The Bertz CT molecular complexity index is 1110. The SMILES string of the molecule is CCOc1ccc2[nH]c(=O)c(CN(CCCO)[C@@H](CC)c3nnnn3C(C)(C)CC)cc2c1. The third kappa shape index (κ3) is 5.59. The third-order valence-corrected chi connectivity index (χ3v) is 6.24. The van der Waals surface area contributed by atoms with Crippen LogP contribution in [0.25, 0.3) is 10.9 Å². The first-order valence-electron chi connectivity index (χ1n) is 11.8. The first-order valence-corrected chi connectivity index (χ1v) is 11.8. The molecule has 0 bridgehead atoms. The number of pyridine rings is 1. The molecule has 0 aliphatic carbocycles. The second-order valence-electron chi connectivity index (χ2n) is 8.89. The van der Waals surface area contributed by atoms with Gasteiger partial charge in [-0.2, -0.15) is 0 Å². The van der Waals surface area contributed by atoms with Crippen molar-refractivity contribution < 1.29 is 9.84 Å². The third-order valence-electron chi connectivity index (χ3n) is 6.24. The van der Waals surface area contributed by atoms with Crippen LogP contribution in [0.3, 0.4) is 0 Å². The first-order chi connectivity index (χ1) is 15.8. The number of benzene rings is 1. The summed E-state index contributed by atoms with van der Waals surface area (Å²) < 4.78 is 7.52. The van der Waals surface area contributed by atoms with Crippen molar-refractivity contribution in [1.29, 1.82) is 0 Å². The summed E-state index contributed by atoms with van der Waals surface area (Å²) >= 11 is 0. The van der Waals surface area contributed by atoms with E-state index in [9.17, 15) is 9.90 Å². The number of hydrogen-bond donors (Lipinski definition) is 2. The standard InChI is InChI=1S/C24H36N6O3/c1-6-21(22-26-27-28-30(22)24(4,5)7-2)29(12-9-13-31)16-18-14-17-15-19(33-8-3)10-11-20(17)25-23(18)32/h10-11,14-15,21,31H,6-9,12-13,16H2,1-5H3,(H,25,32)/t21-/m0/s1. The number of aromatic nitrogens is 5. The molecule has 180 valence electrons. The van der Waals surface area contributed by atoms with Gasteiger partial charge in [-0.05, 0) is 74.7 Å². The van der Waals surface area contributed by atoms with Crippen LogP contribution in [0.5, 0.6) is 5.75 Å². The predicted octanol–water partition coefficient (Wildman–Crippen LogP) is 3.39. The first kappa shape index (κ1) is 24.9. The highest BCUT2D eigenvalue weighted by atomic mass is 16.5. The molecule has 0 aliphatic rings. The van der Waals surface area contributed by atoms with Gasteiger partial charge in [-0.25, -0.2) is 4.68 Å². The molecule has 0 saturated heterocycles. The fourth-order valence-corrected chi connectivity index (χ4v) is 4.03. The van der Waals surface area contributed by atoms with Crippen LogP contribution < -0.4 is 10.3 Å². The maximum absolute atomic E-state index is 12.9. The van der Waals surface area contributed by atoms with Gasteiger partial charge in [0.1, 0.15) is 5.75 Å². The number of rotatable bonds is 12. The van der Waals surface area contributed by atoms with E-state index in [1.54, 1.807) is 0 Å². The van der Waals surface area contributed by atoms with Crippen molar-refractivity contribution in [2.24, 2.45) is 0 Å². The smallest absolute Gasteiger partial charge is 0.252 e. The van der Waals surface area contributed by atoms with Gasteiger partial charge in [-0.15, -0.1) is 5.10 Å². The average Bonchev–Trinajstić information content (AvgIpc) is 3.29. The summed E-state index contributed by atoms with van der Waals surface area (Å²) in [4.78, 5) is 18.1. The molecule has 0 unspecified atom stereocenters. The fourth-order valence-electron chi connectivity index (χ4n) is 4.03. The molecule has 2 aromatic heterocycles. The van der Waals surface area contributed by atoms with E-state index < -0.39 is 0 Å². The Morgan fingerprint density at radius 1 is 1.24 bits per heavy atom. The van der Waals surface area contributed by atoms with Crippen LogP contribution in [0.15, 0.2) is 29.1 Å². The van der Waals surface area contributed by atoms with Gasteiger partial charge in [-0.3, -0.25) is 9.69 Å². The Labute approximate surface area is 194 Å². The summed E-state index contributed by atoms with van der Waals surface area (Å²) in [6, 6.07) is 7.50. The van der Waals surface area contributed by atoms with E-state index in [4.69, 9.17) is 4.74 Å². The summed E-state index contributed by atoms with van der Waals surface area (Å²) in [6.07, 6.45) is 2.24. The molecule has 1 atom stereocenters. The van der Waals surface area contributed by atoms with Crippen molar-refractivity contribution in [3.8, 4) is 5.75 Å². The molecule has 2 N–H and O–H groups in total. The summed E-state index contributed by atoms with van der Waals surface area (Å²) in [5, 5.41) is 23.0. The number of tetrazole rings is 1. The fraction of sp³-hybridized carbons (Fsp3) is 0.583. The second-order valence-corrected chi connectivity index (χ2v) is 8.89. The lowest BCUT2D eigenvalue weighted by atomic mass is 10.0. The van der Waals surface area contributed by atoms with Crippen LogP contribution in [0.4, 0.5) is 0 Å². The Kier molecular flexibility index (Phi) is 8.20. The zero-order valence-corrected chi connectivity index (χ0v) is 20.3. The van der Waals surface area contributed by atoms with E-state index in [2.05, 4.69) is 53.1 Å². The van der Waals surface area contributed by atoms with Gasteiger partial charge in [0, 0.05) is 36.2 Å². The topological polar surface area (TPSA) is 109 Å². The molecular formula is C24H36N6O3. The molecule has 33 heavy (non-hydrogen) atoms. The average molecular weight is 457 g/mol. The largest absolute Gasteiger partial charge is 0.494 e. The van der Waals surface area contributed by atoms with Crippen LogP contribution in [-0.4, -0.2) is 55.0 Å². The Balaban J connectivity index is 1.99. The molecule has 0 spiro atoms. The number of aromatic amines is 1. The van der Waals surface area contributed by atoms with Gasteiger partial charge >= 0.3 is 0 Å². The van der Waals surface area contributed by atoms with Crippen molar-refractivity contribution in [3.05, 3.63) is 46.0 Å². The molecule has 9 heteroatoms. The lowest BCUT2D eigenvalue weighted by Gasteiger charge is -2.33. The van der Waals surface area contributed by atoms with Crippen molar-refractivity contribution in [2.45, 2.75) is 72.0 Å². The van der Waals surface area contributed by atoms with Gasteiger partial charge in [0.15, 0.2) is 5.82 Å². The van der Waals surface area contributed by atoms with Crippen LogP contribution >= 0.6 is 0 Å². The zero-order chi connectivity index (χ0) is 24.0. The van der Waals surface area contributed by atoms with Crippen molar-refractivity contribution in [1.82, 2.24) is 30.1 Å². The van der Waals surface area contributed by atoms with Crippen molar-refractivity contribution in [3.63, 3.8) is 0 Å². The minimum atomic E-state index is -0.231. The van der Waals surface area contributed by atoms with E-state index in [1.807, 2.05) is 35.9 Å². The van der Waals surface area contributed by atoms with Crippen LogP contribution in [0, 0.1) is 0 Å². The van der Waals surface area contributed by atoms with E-state index in [-0.39, 0.29) is 23.7 Å². The molecule has 0 fully saturated rings. The van der Waals surface area contributed by atoms with Gasteiger partial charge in [-0.1, -0.05) is 13.8 Å². The number of aliphatic hydroxyl groups is 1. The highest BCUT2D eigenvalue weighted by molar-refractivity contribution is 5.80. The van der Waals surface area contributed by atoms with E-state index >= 15 is 0 Å². The molecule has 9 nitrogen and oxygen atoms in total. The molecule has 0 saturated carbocycles. The highest BCUT2D eigenvalue weighted by Gasteiger charge is 2.30. The Hall–Kier alpha value is -2.78. The Morgan fingerprint density at radius 3 is 2.70 bits per heavy atom. The number of hydrogen-bond acceptors (Lipinski definition) is 7. The van der Waals surface area contributed by atoms with Gasteiger partial charge in [0.2, 0.25) is 0 Å². The molecule has 0 radical (unpaired) electrons. The minimum Gasteiger partial charge on any atom is -0.494 e. The summed E-state index contributed by atoms with van der Waals surface area (Å²) in [5.41, 5.74) is 1.07. The summed E-state index contributed by atoms with van der Waals surface area (Å²) in [7, 11) is 0. The number of H-pyrrole nitrogens is 1. The Morgan fingerprint density at radius 2 is 2.03 bits per heavy atom.